The third kappa shape index (κ3) is 6.62. The molecule has 6 heteroatoms. The zero-order valence-electron chi connectivity index (χ0n) is 13.2. The summed E-state index contributed by atoms with van der Waals surface area (Å²) in [7, 11) is 0. The second kappa shape index (κ2) is 10.3. The van der Waals surface area contributed by atoms with E-state index in [-0.39, 0.29) is 5.91 Å². The van der Waals surface area contributed by atoms with Crippen molar-refractivity contribution < 1.29 is 4.79 Å². The summed E-state index contributed by atoms with van der Waals surface area (Å²) in [6.45, 7) is 2.90. The fourth-order valence-electron chi connectivity index (χ4n) is 1.87. The molecule has 4 nitrogen and oxygen atoms in total. The van der Waals surface area contributed by atoms with E-state index in [1.54, 1.807) is 24.2 Å². The first-order chi connectivity index (χ1) is 11.3. The highest BCUT2D eigenvalue weighted by Crippen LogP contribution is 2.32. The number of nitrogens with zero attached hydrogens (tertiary/aromatic N) is 2. The summed E-state index contributed by atoms with van der Waals surface area (Å²) >= 11 is 3.00. The van der Waals surface area contributed by atoms with Crippen LogP contribution in [0.2, 0.25) is 0 Å². The summed E-state index contributed by atoms with van der Waals surface area (Å²) < 4.78 is 0. The van der Waals surface area contributed by atoms with Crippen LogP contribution in [-0.4, -0.2) is 28.2 Å². The highest BCUT2D eigenvalue weighted by Gasteiger charge is 2.10. The Hall–Kier alpha value is -1.53. The minimum Gasteiger partial charge on any atom is -0.355 e. The van der Waals surface area contributed by atoms with Crippen molar-refractivity contribution in [2.45, 2.75) is 41.1 Å². The van der Waals surface area contributed by atoms with Crippen LogP contribution in [0.5, 0.6) is 0 Å². The van der Waals surface area contributed by atoms with Crippen LogP contribution in [0.4, 0.5) is 0 Å². The number of unbranched alkanes of at least 4 members (excludes halogenated alkanes) is 2. The van der Waals surface area contributed by atoms with E-state index in [1.165, 1.54) is 11.8 Å². The molecule has 122 valence electrons. The summed E-state index contributed by atoms with van der Waals surface area (Å²) in [6.07, 6.45) is 6.68. The Morgan fingerprint density at radius 3 is 2.57 bits per heavy atom. The number of amides is 1. The van der Waals surface area contributed by atoms with Crippen LogP contribution in [0.3, 0.4) is 0 Å². The van der Waals surface area contributed by atoms with Crippen LogP contribution in [0, 0.1) is 0 Å². The predicted octanol–water partition coefficient (Wildman–Crippen LogP) is 4.03. The fourth-order valence-corrected chi connectivity index (χ4v) is 3.62. The Balaban J connectivity index is 1.86. The number of benzene rings is 1. The molecule has 0 aliphatic heterocycles. The monoisotopic (exact) mass is 347 g/mol. The van der Waals surface area contributed by atoms with Crippen molar-refractivity contribution in [2.24, 2.45) is 0 Å². The lowest BCUT2D eigenvalue weighted by Crippen LogP contribution is -2.26. The fraction of sp³-hybridized carbons (Fsp3) is 0.353. The smallest absolute Gasteiger partial charge is 0.230 e. The summed E-state index contributed by atoms with van der Waals surface area (Å²) in [5, 5.41) is 4.57. The van der Waals surface area contributed by atoms with Gasteiger partial charge in [-0.3, -0.25) is 4.79 Å². The number of rotatable bonds is 9. The van der Waals surface area contributed by atoms with Crippen molar-refractivity contribution in [2.75, 3.05) is 12.3 Å². The van der Waals surface area contributed by atoms with E-state index in [0.717, 1.165) is 40.8 Å². The van der Waals surface area contributed by atoms with Gasteiger partial charge in [-0.1, -0.05) is 61.5 Å². The number of carbonyl (C=O) groups is 1. The third-order valence-electron chi connectivity index (χ3n) is 3.03. The van der Waals surface area contributed by atoms with Gasteiger partial charge >= 0.3 is 0 Å². The van der Waals surface area contributed by atoms with Gasteiger partial charge in [-0.05, 0) is 18.6 Å². The minimum atomic E-state index is 0.0485. The molecule has 0 saturated carbocycles. The maximum Gasteiger partial charge on any atom is 0.230 e. The van der Waals surface area contributed by atoms with Crippen molar-refractivity contribution in [3.05, 3.63) is 42.7 Å². The lowest BCUT2D eigenvalue weighted by atomic mass is 10.2. The van der Waals surface area contributed by atoms with E-state index in [9.17, 15) is 4.79 Å². The maximum absolute atomic E-state index is 11.9. The summed E-state index contributed by atoms with van der Waals surface area (Å²) in [4.78, 5) is 21.7. The first-order valence-corrected chi connectivity index (χ1v) is 9.53. The van der Waals surface area contributed by atoms with Gasteiger partial charge in [0.05, 0.1) is 5.75 Å². The molecule has 1 aromatic heterocycles. The summed E-state index contributed by atoms with van der Waals surface area (Å²) in [5.41, 5.74) is 0. The molecular weight excluding hydrogens is 326 g/mol. The van der Waals surface area contributed by atoms with Gasteiger partial charge in [0.1, 0.15) is 10.1 Å². The molecule has 0 unspecified atom stereocenters. The van der Waals surface area contributed by atoms with E-state index in [2.05, 4.69) is 22.2 Å². The number of carbonyl (C=O) groups excluding carboxylic acids is 1. The highest BCUT2D eigenvalue weighted by atomic mass is 32.2. The average molecular weight is 348 g/mol. The molecule has 1 heterocycles. The number of aromatic nitrogens is 2. The molecule has 0 fully saturated rings. The molecule has 0 bridgehead atoms. The Kier molecular flexibility index (Phi) is 7.97. The number of thioether (sulfide) groups is 1. The Labute approximate surface area is 145 Å². The number of nitrogens with one attached hydrogen (secondary N) is 1. The van der Waals surface area contributed by atoms with Crippen molar-refractivity contribution in [3.63, 3.8) is 0 Å². The van der Waals surface area contributed by atoms with E-state index in [0.29, 0.717) is 5.75 Å². The van der Waals surface area contributed by atoms with Gasteiger partial charge in [0.25, 0.3) is 0 Å². The Bertz CT molecular complexity index is 608. The molecule has 1 amide bonds. The van der Waals surface area contributed by atoms with Crippen molar-refractivity contribution in [1.29, 1.82) is 0 Å². The van der Waals surface area contributed by atoms with Crippen molar-refractivity contribution >= 4 is 29.4 Å². The van der Waals surface area contributed by atoms with Gasteiger partial charge in [0, 0.05) is 23.8 Å². The molecule has 23 heavy (non-hydrogen) atoms. The molecule has 2 aromatic rings. The van der Waals surface area contributed by atoms with Gasteiger partial charge in [0.15, 0.2) is 0 Å². The zero-order valence-corrected chi connectivity index (χ0v) is 14.8. The summed E-state index contributed by atoms with van der Waals surface area (Å²) in [6, 6.07) is 10.0. The standard InChI is InChI=1S/C17H21N3OS2/c1-2-3-7-10-18-15(21)13-22-16-17(20-12-11-19-16)23-14-8-5-4-6-9-14/h4-6,8-9,11-12H,2-3,7,10,13H2,1H3,(H,18,21). The average Bonchev–Trinajstić information content (AvgIpc) is 2.59. The molecule has 0 saturated heterocycles. The first-order valence-electron chi connectivity index (χ1n) is 7.73. The second-order valence-electron chi connectivity index (χ2n) is 4.93. The molecule has 0 spiro atoms. The van der Waals surface area contributed by atoms with Crippen LogP contribution < -0.4 is 5.32 Å². The molecule has 2 rings (SSSR count). The van der Waals surface area contributed by atoms with Gasteiger partial charge in [0.2, 0.25) is 5.91 Å². The van der Waals surface area contributed by atoms with E-state index in [1.807, 2.05) is 30.3 Å². The molecular formula is C17H21N3OS2. The normalized spacial score (nSPS) is 10.5. The predicted molar refractivity (Wildman–Crippen MR) is 95.9 cm³/mol. The van der Waals surface area contributed by atoms with Gasteiger partial charge in [-0.15, -0.1) is 0 Å². The van der Waals surface area contributed by atoms with Crippen LogP contribution in [0.15, 0.2) is 57.7 Å². The first kappa shape index (κ1) is 17.8. The zero-order chi connectivity index (χ0) is 16.3. The SMILES string of the molecule is CCCCCNC(=O)CSc1nccnc1Sc1ccccc1. The number of hydrogen-bond acceptors (Lipinski definition) is 5. The minimum absolute atomic E-state index is 0.0485. The lowest BCUT2D eigenvalue weighted by molar-refractivity contribution is -0.118. The largest absolute Gasteiger partial charge is 0.355 e. The van der Waals surface area contributed by atoms with Crippen molar-refractivity contribution in [1.82, 2.24) is 15.3 Å². The van der Waals surface area contributed by atoms with Crippen molar-refractivity contribution in [3.8, 4) is 0 Å². The molecule has 0 radical (unpaired) electrons. The molecule has 0 aliphatic carbocycles. The van der Waals surface area contributed by atoms with Gasteiger partial charge in [-0.25, -0.2) is 9.97 Å². The molecule has 1 N–H and O–H groups in total. The lowest BCUT2D eigenvalue weighted by Gasteiger charge is -2.07. The molecule has 0 atom stereocenters. The highest BCUT2D eigenvalue weighted by molar-refractivity contribution is 8.02. The molecule has 0 aliphatic rings. The maximum atomic E-state index is 11.9. The topological polar surface area (TPSA) is 54.9 Å². The van der Waals surface area contributed by atoms with Crippen LogP contribution in [-0.2, 0) is 4.79 Å². The van der Waals surface area contributed by atoms with Gasteiger partial charge in [-0.2, -0.15) is 0 Å². The van der Waals surface area contributed by atoms with Crippen LogP contribution in [0.25, 0.3) is 0 Å². The second-order valence-corrected chi connectivity index (χ2v) is 6.95. The van der Waals surface area contributed by atoms with E-state index < -0.39 is 0 Å². The van der Waals surface area contributed by atoms with E-state index >= 15 is 0 Å². The van der Waals surface area contributed by atoms with E-state index in [4.69, 9.17) is 0 Å². The quantitative estimate of drug-likeness (QED) is 0.548. The van der Waals surface area contributed by atoms with Gasteiger partial charge < -0.3 is 5.32 Å². The number of hydrogen-bond donors (Lipinski definition) is 1. The Morgan fingerprint density at radius 2 is 1.83 bits per heavy atom. The summed E-state index contributed by atoms with van der Waals surface area (Å²) in [5.74, 6) is 0.417. The van der Waals surface area contributed by atoms with Crippen LogP contribution in [0.1, 0.15) is 26.2 Å². The third-order valence-corrected chi connectivity index (χ3v) is 5.14. The Morgan fingerprint density at radius 1 is 1.09 bits per heavy atom. The molecule has 1 aromatic carbocycles. The van der Waals surface area contributed by atoms with Crippen LogP contribution >= 0.6 is 23.5 Å².